The largest absolute Gasteiger partial charge is 0.489 e. The number of anilines is 1. The zero-order valence-electron chi connectivity index (χ0n) is 13.2. The fourth-order valence-corrected chi connectivity index (χ4v) is 2.34. The summed E-state index contributed by atoms with van der Waals surface area (Å²) in [4.78, 5) is 28.6. The molecule has 0 fully saturated rings. The van der Waals surface area contributed by atoms with Gasteiger partial charge in [0.15, 0.2) is 11.6 Å². The minimum atomic E-state index is -0.842. The van der Waals surface area contributed by atoms with Gasteiger partial charge in [0.2, 0.25) is 0 Å². The molecule has 26 heavy (non-hydrogen) atoms. The molecule has 2 N–H and O–H groups in total. The first-order chi connectivity index (χ1) is 12.5. The standard InChI is InChI=1S/C16H12F2N4O4/c17-9-1-2-15(11(18)5-9)26-4-3-19-13-7-12-10(6-14(13)22(24)25)16(23)21-8-20-12/h1-2,5-8,19H,3-4H2,(H,20,21,23). The zero-order valence-corrected chi connectivity index (χ0v) is 13.2. The van der Waals surface area contributed by atoms with Crippen molar-refractivity contribution in [3.63, 3.8) is 0 Å². The highest BCUT2D eigenvalue weighted by atomic mass is 19.1. The molecule has 0 unspecified atom stereocenters. The minimum absolute atomic E-state index is 0.0272. The first kappa shape index (κ1) is 17.3. The quantitative estimate of drug-likeness (QED) is 0.396. The van der Waals surface area contributed by atoms with E-state index in [2.05, 4.69) is 15.3 Å². The molecule has 8 nitrogen and oxygen atoms in total. The van der Waals surface area contributed by atoms with E-state index in [0.29, 0.717) is 6.07 Å². The topological polar surface area (TPSA) is 110 Å². The molecule has 3 aromatic rings. The first-order valence-corrected chi connectivity index (χ1v) is 7.43. The Morgan fingerprint density at radius 1 is 1.27 bits per heavy atom. The van der Waals surface area contributed by atoms with E-state index < -0.39 is 22.1 Å². The third-order valence-electron chi connectivity index (χ3n) is 3.52. The van der Waals surface area contributed by atoms with Gasteiger partial charge in [-0.2, -0.15) is 0 Å². The molecule has 0 aliphatic carbocycles. The second-order valence-electron chi connectivity index (χ2n) is 5.23. The van der Waals surface area contributed by atoms with E-state index in [9.17, 15) is 23.7 Å². The molecule has 0 saturated carbocycles. The minimum Gasteiger partial charge on any atom is -0.489 e. The predicted octanol–water partition coefficient (Wildman–Crippen LogP) is 2.60. The molecular weight excluding hydrogens is 350 g/mol. The molecule has 1 aromatic heterocycles. The van der Waals surface area contributed by atoms with Gasteiger partial charge in [-0.25, -0.2) is 13.8 Å². The average molecular weight is 362 g/mol. The molecule has 0 spiro atoms. The van der Waals surface area contributed by atoms with Crippen LogP contribution in [0.4, 0.5) is 20.2 Å². The van der Waals surface area contributed by atoms with Crippen LogP contribution in [0.15, 0.2) is 41.5 Å². The molecule has 0 aliphatic rings. The molecular formula is C16H12F2N4O4. The molecule has 10 heteroatoms. The van der Waals surface area contributed by atoms with E-state index in [1.165, 1.54) is 12.4 Å². The maximum atomic E-state index is 13.5. The van der Waals surface area contributed by atoms with Crippen LogP contribution in [0.2, 0.25) is 0 Å². The van der Waals surface area contributed by atoms with Gasteiger partial charge in [0.25, 0.3) is 11.2 Å². The second kappa shape index (κ2) is 7.13. The molecule has 2 aromatic carbocycles. The fraction of sp³-hybridized carbons (Fsp3) is 0.125. The van der Waals surface area contributed by atoms with Gasteiger partial charge in [-0.05, 0) is 18.2 Å². The third-order valence-corrected chi connectivity index (χ3v) is 3.52. The monoisotopic (exact) mass is 362 g/mol. The van der Waals surface area contributed by atoms with E-state index in [-0.39, 0.29) is 41.2 Å². The maximum Gasteiger partial charge on any atom is 0.293 e. The summed E-state index contributed by atoms with van der Waals surface area (Å²) in [6.07, 6.45) is 1.20. The van der Waals surface area contributed by atoms with E-state index in [0.717, 1.165) is 18.2 Å². The highest BCUT2D eigenvalue weighted by molar-refractivity contribution is 5.86. The summed E-state index contributed by atoms with van der Waals surface area (Å²) in [5.74, 6) is -1.69. The number of nitrogens with one attached hydrogen (secondary N) is 2. The molecule has 134 valence electrons. The number of hydrogen-bond donors (Lipinski definition) is 2. The number of H-pyrrole nitrogens is 1. The van der Waals surface area contributed by atoms with Crippen molar-refractivity contribution in [1.29, 1.82) is 0 Å². The summed E-state index contributed by atoms with van der Waals surface area (Å²) in [6.45, 7) is 0.0763. The number of hydrogen-bond acceptors (Lipinski definition) is 6. The first-order valence-electron chi connectivity index (χ1n) is 7.43. The van der Waals surface area contributed by atoms with Crippen LogP contribution in [-0.2, 0) is 0 Å². The number of benzene rings is 2. The zero-order chi connectivity index (χ0) is 18.7. The van der Waals surface area contributed by atoms with Gasteiger partial charge >= 0.3 is 0 Å². The predicted molar refractivity (Wildman–Crippen MR) is 89.4 cm³/mol. The molecule has 3 rings (SSSR count). The Bertz CT molecular complexity index is 1040. The van der Waals surface area contributed by atoms with Gasteiger partial charge in [0.05, 0.1) is 22.2 Å². The summed E-state index contributed by atoms with van der Waals surface area (Å²) >= 11 is 0. The van der Waals surface area contributed by atoms with Crippen molar-refractivity contribution < 1.29 is 18.4 Å². The van der Waals surface area contributed by atoms with Crippen LogP contribution in [0.3, 0.4) is 0 Å². The Labute approximate surface area is 144 Å². The van der Waals surface area contributed by atoms with Crippen LogP contribution >= 0.6 is 0 Å². The van der Waals surface area contributed by atoms with Crippen LogP contribution in [0.5, 0.6) is 5.75 Å². The lowest BCUT2D eigenvalue weighted by molar-refractivity contribution is -0.383. The highest BCUT2D eigenvalue weighted by Crippen LogP contribution is 2.27. The number of nitro benzene ring substituents is 1. The van der Waals surface area contributed by atoms with Crippen molar-refractivity contribution in [3.05, 3.63) is 68.8 Å². The van der Waals surface area contributed by atoms with Gasteiger partial charge in [-0.3, -0.25) is 14.9 Å². The number of aromatic nitrogens is 2. The van der Waals surface area contributed by atoms with Crippen LogP contribution in [0.25, 0.3) is 10.9 Å². The number of nitrogens with zero attached hydrogens (tertiary/aromatic N) is 2. The van der Waals surface area contributed by atoms with Crippen molar-refractivity contribution in [2.24, 2.45) is 0 Å². The fourth-order valence-electron chi connectivity index (χ4n) is 2.34. The molecule has 0 bridgehead atoms. The Balaban J connectivity index is 1.74. The molecule has 0 amide bonds. The van der Waals surface area contributed by atoms with E-state index in [1.807, 2.05) is 0 Å². The van der Waals surface area contributed by atoms with Gasteiger partial charge < -0.3 is 15.0 Å². The molecule has 0 radical (unpaired) electrons. The van der Waals surface area contributed by atoms with Gasteiger partial charge in [-0.15, -0.1) is 0 Å². The number of halogens is 2. The Morgan fingerprint density at radius 2 is 2.08 bits per heavy atom. The smallest absolute Gasteiger partial charge is 0.293 e. The average Bonchev–Trinajstić information content (AvgIpc) is 2.59. The lowest BCUT2D eigenvalue weighted by atomic mass is 10.2. The Kier molecular flexibility index (Phi) is 4.74. The summed E-state index contributed by atoms with van der Waals surface area (Å²) in [7, 11) is 0. The molecule has 0 atom stereocenters. The Hall–Kier alpha value is -3.56. The van der Waals surface area contributed by atoms with E-state index >= 15 is 0 Å². The van der Waals surface area contributed by atoms with E-state index in [4.69, 9.17) is 4.74 Å². The van der Waals surface area contributed by atoms with Crippen LogP contribution in [-0.4, -0.2) is 28.0 Å². The summed E-state index contributed by atoms with van der Waals surface area (Å²) in [6, 6.07) is 5.41. The Morgan fingerprint density at radius 3 is 2.81 bits per heavy atom. The summed E-state index contributed by atoms with van der Waals surface area (Å²) in [5, 5.41) is 14.1. The number of ether oxygens (including phenoxy) is 1. The van der Waals surface area contributed by atoms with Crippen LogP contribution < -0.4 is 15.6 Å². The number of rotatable bonds is 6. The van der Waals surface area contributed by atoms with Crippen molar-refractivity contribution >= 4 is 22.3 Å². The third kappa shape index (κ3) is 3.58. The highest BCUT2D eigenvalue weighted by Gasteiger charge is 2.17. The molecule has 1 heterocycles. The van der Waals surface area contributed by atoms with Gasteiger partial charge in [-0.1, -0.05) is 0 Å². The second-order valence-corrected chi connectivity index (χ2v) is 5.23. The summed E-state index contributed by atoms with van der Waals surface area (Å²) in [5.41, 5.74) is -0.361. The van der Waals surface area contributed by atoms with Crippen LogP contribution in [0.1, 0.15) is 0 Å². The van der Waals surface area contributed by atoms with Crippen molar-refractivity contribution in [2.45, 2.75) is 0 Å². The lowest BCUT2D eigenvalue weighted by Crippen LogP contribution is -2.14. The number of aromatic amines is 1. The van der Waals surface area contributed by atoms with Crippen molar-refractivity contribution in [2.75, 3.05) is 18.5 Å². The van der Waals surface area contributed by atoms with Gasteiger partial charge in [0, 0.05) is 18.7 Å². The molecule has 0 saturated heterocycles. The molecule has 0 aliphatic heterocycles. The van der Waals surface area contributed by atoms with E-state index in [1.54, 1.807) is 0 Å². The maximum absolute atomic E-state index is 13.5. The summed E-state index contributed by atoms with van der Waals surface area (Å²) < 4.78 is 31.5. The van der Waals surface area contributed by atoms with Crippen molar-refractivity contribution in [3.8, 4) is 5.75 Å². The number of nitro groups is 1. The van der Waals surface area contributed by atoms with Gasteiger partial charge in [0.1, 0.15) is 18.1 Å². The van der Waals surface area contributed by atoms with Crippen LogP contribution in [0, 0.1) is 21.7 Å². The number of fused-ring (bicyclic) bond motifs is 1. The lowest BCUT2D eigenvalue weighted by Gasteiger charge is -2.10. The SMILES string of the molecule is O=c1[nH]cnc2cc(NCCOc3ccc(F)cc3F)c([N+](=O)[O-])cc12. The van der Waals surface area contributed by atoms with Crippen molar-refractivity contribution in [1.82, 2.24) is 9.97 Å². The normalized spacial score (nSPS) is 10.7.